The van der Waals surface area contributed by atoms with Gasteiger partial charge in [0.05, 0.1) is 13.3 Å². The third-order valence-corrected chi connectivity index (χ3v) is 6.12. The molecule has 3 aromatic heterocycles. The Morgan fingerprint density at radius 1 is 1.35 bits per heavy atom. The maximum Gasteiger partial charge on any atom is 0.361 e. The van der Waals surface area contributed by atoms with E-state index in [-0.39, 0.29) is 12.5 Å². The van der Waals surface area contributed by atoms with Crippen LogP contribution in [0.1, 0.15) is 47.8 Å². The van der Waals surface area contributed by atoms with Crippen LogP contribution in [0.3, 0.4) is 0 Å². The van der Waals surface area contributed by atoms with E-state index in [1.807, 2.05) is 12.1 Å². The van der Waals surface area contributed by atoms with Crippen LogP contribution in [0, 0.1) is 5.92 Å². The van der Waals surface area contributed by atoms with E-state index in [1.165, 1.54) is 0 Å². The topological polar surface area (TPSA) is 120 Å². The average molecular weight is 422 g/mol. The molecule has 31 heavy (non-hydrogen) atoms. The molecule has 0 bridgehead atoms. The molecular weight excluding hydrogens is 398 g/mol. The lowest BCUT2D eigenvalue weighted by Gasteiger charge is -2.24. The third kappa shape index (κ3) is 3.31. The van der Waals surface area contributed by atoms with E-state index in [0.717, 1.165) is 37.1 Å². The molecule has 1 aliphatic carbocycles. The monoisotopic (exact) mass is 422 g/mol. The quantitative estimate of drug-likeness (QED) is 0.475. The molecule has 3 N–H and O–H groups in total. The molecule has 0 radical (unpaired) electrons. The second kappa shape index (κ2) is 7.66. The second-order valence-corrected chi connectivity index (χ2v) is 7.98. The molecule has 0 unspecified atom stereocenters. The SMILES string of the molecule is COc1cc2nc(C3CCC(CO)CC3)oc2cc1-n1cc(C(N)=O)c2nccc[n+]21. The number of nitrogens with zero attached hydrogens (tertiary/aromatic N) is 4. The summed E-state index contributed by atoms with van der Waals surface area (Å²) in [5.41, 5.74) is 8.35. The second-order valence-electron chi connectivity index (χ2n) is 7.98. The van der Waals surface area contributed by atoms with Gasteiger partial charge in [-0.1, -0.05) is 0 Å². The first-order valence-corrected chi connectivity index (χ1v) is 10.4. The number of ether oxygens (including phenoxy) is 1. The standard InChI is InChI=1S/C22H23N5O4/c1-30-19-9-16-18(31-22(25-16)14-5-3-13(12-28)4-6-14)10-17(19)27-11-15(20(23)29)21-24-7-2-8-26(21)27/h2,7-11,13-14,28H,3-6,12H2,1H3,(H-,23,29)/p+1. The molecule has 1 amide bonds. The Bertz CT molecular complexity index is 1270. The van der Waals surface area contributed by atoms with Gasteiger partial charge >= 0.3 is 5.65 Å². The van der Waals surface area contributed by atoms with Gasteiger partial charge in [0.1, 0.15) is 29.3 Å². The fraction of sp³-hybridized carbons (Fsp3) is 0.364. The number of carbonyl (C=O) groups is 1. The van der Waals surface area contributed by atoms with E-state index < -0.39 is 5.91 Å². The first-order chi connectivity index (χ1) is 15.1. The first kappa shape index (κ1) is 19.5. The van der Waals surface area contributed by atoms with Crippen molar-refractivity contribution in [1.29, 1.82) is 0 Å². The van der Waals surface area contributed by atoms with E-state index >= 15 is 0 Å². The molecule has 0 atom stereocenters. The molecule has 5 rings (SSSR count). The van der Waals surface area contributed by atoms with E-state index in [9.17, 15) is 9.90 Å². The maximum absolute atomic E-state index is 11.9. The number of nitrogens with two attached hydrogens (primary N) is 1. The number of benzene rings is 1. The van der Waals surface area contributed by atoms with Gasteiger partial charge in [0.2, 0.25) is 0 Å². The molecule has 1 aromatic carbocycles. The number of primary amides is 1. The summed E-state index contributed by atoms with van der Waals surface area (Å²) in [4.78, 5) is 20.9. The van der Waals surface area contributed by atoms with Crippen LogP contribution in [0.2, 0.25) is 0 Å². The summed E-state index contributed by atoms with van der Waals surface area (Å²) in [7, 11) is 1.59. The van der Waals surface area contributed by atoms with Crippen LogP contribution >= 0.6 is 0 Å². The lowest BCUT2D eigenvalue weighted by atomic mass is 9.82. The number of hydrogen-bond donors (Lipinski definition) is 2. The van der Waals surface area contributed by atoms with Crippen LogP contribution in [-0.4, -0.2) is 39.4 Å². The zero-order valence-corrected chi connectivity index (χ0v) is 17.2. The van der Waals surface area contributed by atoms with Gasteiger partial charge in [0, 0.05) is 30.7 Å². The minimum absolute atomic E-state index is 0.242. The van der Waals surface area contributed by atoms with Gasteiger partial charge in [-0.2, -0.15) is 4.68 Å². The molecule has 4 aromatic rings. The van der Waals surface area contributed by atoms with Crippen LogP contribution in [0.4, 0.5) is 0 Å². The van der Waals surface area contributed by atoms with Crippen LogP contribution in [0.15, 0.2) is 41.2 Å². The summed E-state index contributed by atoms with van der Waals surface area (Å²) in [6, 6.07) is 5.46. The Hall–Kier alpha value is -3.46. The highest BCUT2D eigenvalue weighted by Crippen LogP contribution is 2.37. The van der Waals surface area contributed by atoms with Gasteiger partial charge < -0.3 is 20.0 Å². The van der Waals surface area contributed by atoms with Crippen molar-refractivity contribution in [3.63, 3.8) is 0 Å². The fourth-order valence-electron chi connectivity index (χ4n) is 4.40. The largest absolute Gasteiger partial charge is 0.494 e. The molecule has 1 saturated carbocycles. The normalized spacial score (nSPS) is 19.2. The average Bonchev–Trinajstić information content (AvgIpc) is 3.39. The molecule has 9 nitrogen and oxygen atoms in total. The predicted molar refractivity (Wildman–Crippen MR) is 111 cm³/mol. The number of hydrogen-bond acceptors (Lipinski definition) is 6. The van der Waals surface area contributed by atoms with Gasteiger partial charge in [-0.05, 0) is 36.6 Å². The van der Waals surface area contributed by atoms with Gasteiger partial charge in [-0.3, -0.25) is 4.79 Å². The molecule has 3 heterocycles. The summed E-state index contributed by atoms with van der Waals surface area (Å²) >= 11 is 0. The minimum Gasteiger partial charge on any atom is -0.494 e. The highest BCUT2D eigenvalue weighted by atomic mass is 16.5. The van der Waals surface area contributed by atoms with Crippen molar-refractivity contribution in [2.45, 2.75) is 31.6 Å². The van der Waals surface area contributed by atoms with Gasteiger partial charge in [0.15, 0.2) is 17.0 Å². The van der Waals surface area contributed by atoms with Crippen molar-refractivity contribution in [3.8, 4) is 11.4 Å². The van der Waals surface area contributed by atoms with Crippen molar-refractivity contribution in [1.82, 2.24) is 14.6 Å². The van der Waals surface area contributed by atoms with E-state index in [1.54, 1.807) is 41.0 Å². The van der Waals surface area contributed by atoms with Crippen molar-refractivity contribution in [2.24, 2.45) is 11.7 Å². The van der Waals surface area contributed by atoms with Crippen molar-refractivity contribution >= 4 is 22.7 Å². The van der Waals surface area contributed by atoms with Crippen LogP contribution in [0.25, 0.3) is 22.4 Å². The van der Waals surface area contributed by atoms with Gasteiger partial charge in [0.25, 0.3) is 5.91 Å². The van der Waals surface area contributed by atoms with E-state index in [2.05, 4.69) is 4.98 Å². The number of carbonyl (C=O) groups excluding carboxylic acids is 1. The zero-order chi connectivity index (χ0) is 21.5. The Morgan fingerprint density at radius 3 is 2.87 bits per heavy atom. The summed E-state index contributed by atoms with van der Waals surface area (Å²) < 4.78 is 15.3. The lowest BCUT2D eigenvalue weighted by molar-refractivity contribution is -0.600. The molecule has 0 aliphatic heterocycles. The smallest absolute Gasteiger partial charge is 0.361 e. The Labute approximate surface area is 178 Å². The maximum atomic E-state index is 11.9. The van der Waals surface area contributed by atoms with E-state index in [4.69, 9.17) is 19.9 Å². The minimum atomic E-state index is -0.560. The molecule has 1 aliphatic rings. The van der Waals surface area contributed by atoms with Gasteiger partial charge in [-0.25, -0.2) is 4.98 Å². The number of fused-ring (bicyclic) bond motifs is 2. The van der Waals surface area contributed by atoms with Gasteiger partial charge in [-0.15, -0.1) is 4.52 Å². The van der Waals surface area contributed by atoms with Crippen LogP contribution < -0.4 is 15.0 Å². The van der Waals surface area contributed by atoms with E-state index in [0.29, 0.717) is 34.1 Å². The highest BCUT2D eigenvalue weighted by molar-refractivity contribution is 5.97. The number of aliphatic hydroxyl groups is 1. The van der Waals surface area contributed by atoms with Crippen LogP contribution in [0.5, 0.6) is 5.75 Å². The molecule has 0 saturated heterocycles. The number of methoxy groups -OCH3 is 1. The molecule has 9 heteroatoms. The number of oxazole rings is 1. The molecule has 0 spiro atoms. The zero-order valence-electron chi connectivity index (χ0n) is 17.2. The van der Waals surface area contributed by atoms with Crippen LogP contribution in [-0.2, 0) is 0 Å². The third-order valence-electron chi connectivity index (χ3n) is 6.12. The Balaban J connectivity index is 1.60. The summed E-state index contributed by atoms with van der Waals surface area (Å²) in [5.74, 6) is 1.36. The summed E-state index contributed by atoms with van der Waals surface area (Å²) in [6.07, 6.45) is 8.90. The molecule has 1 fully saturated rings. The molecular formula is C22H24N5O4+. The number of rotatable bonds is 5. The summed E-state index contributed by atoms with van der Waals surface area (Å²) in [6.45, 7) is 0.242. The lowest BCUT2D eigenvalue weighted by Crippen LogP contribution is -2.31. The fourth-order valence-corrected chi connectivity index (χ4v) is 4.40. The first-order valence-electron chi connectivity index (χ1n) is 10.4. The van der Waals surface area contributed by atoms with Crippen molar-refractivity contribution in [3.05, 3.63) is 48.2 Å². The Morgan fingerprint density at radius 2 is 2.16 bits per heavy atom. The predicted octanol–water partition coefficient (Wildman–Crippen LogP) is 2.13. The Kier molecular flexibility index (Phi) is 4.82. The summed E-state index contributed by atoms with van der Waals surface area (Å²) in [5, 5.41) is 9.38. The van der Waals surface area contributed by atoms with Crippen molar-refractivity contribution in [2.75, 3.05) is 13.7 Å². The molecule has 160 valence electrons. The highest BCUT2D eigenvalue weighted by Gasteiger charge is 2.27. The number of amides is 1. The van der Waals surface area contributed by atoms with Crippen molar-refractivity contribution < 1.29 is 23.6 Å². The number of aromatic nitrogens is 4. The number of aliphatic hydroxyl groups excluding tert-OH is 1.